The van der Waals surface area contributed by atoms with Crippen molar-refractivity contribution in [3.8, 4) is 5.75 Å². The number of nitrogens with zero attached hydrogens (tertiary/aromatic N) is 1. The first kappa shape index (κ1) is 13.0. The van der Waals surface area contributed by atoms with E-state index in [1.165, 1.54) is 5.56 Å². The minimum Gasteiger partial charge on any atom is -0.497 e. The smallest absolute Gasteiger partial charge is 0.118 e. The fourth-order valence-electron chi connectivity index (χ4n) is 1.75. The van der Waals surface area contributed by atoms with Crippen molar-refractivity contribution in [2.45, 2.75) is 25.9 Å². The summed E-state index contributed by atoms with van der Waals surface area (Å²) in [6.07, 6.45) is 0. The predicted molar refractivity (Wildman–Crippen MR) is 67.7 cm³/mol. The minimum absolute atomic E-state index is 0.200. The summed E-state index contributed by atoms with van der Waals surface area (Å²) in [4.78, 5) is 2.26. The van der Waals surface area contributed by atoms with Gasteiger partial charge in [0.2, 0.25) is 0 Å². The van der Waals surface area contributed by atoms with Crippen LogP contribution in [-0.2, 0) is 0 Å². The molecule has 0 saturated carbocycles. The molecule has 0 amide bonds. The van der Waals surface area contributed by atoms with Crippen LogP contribution >= 0.6 is 0 Å². The number of rotatable bonds is 5. The molecule has 0 aliphatic rings. The van der Waals surface area contributed by atoms with Gasteiger partial charge in [0.15, 0.2) is 0 Å². The molecule has 1 rings (SSSR count). The van der Waals surface area contributed by atoms with Crippen molar-refractivity contribution in [2.24, 2.45) is 5.73 Å². The van der Waals surface area contributed by atoms with E-state index in [1.807, 2.05) is 19.1 Å². The zero-order valence-corrected chi connectivity index (χ0v) is 10.6. The van der Waals surface area contributed by atoms with Gasteiger partial charge in [0.05, 0.1) is 7.11 Å². The van der Waals surface area contributed by atoms with Crippen LogP contribution in [0.3, 0.4) is 0 Å². The van der Waals surface area contributed by atoms with Crippen molar-refractivity contribution in [1.29, 1.82) is 0 Å². The van der Waals surface area contributed by atoms with Crippen LogP contribution in [0.5, 0.6) is 5.75 Å². The Morgan fingerprint density at radius 1 is 1.25 bits per heavy atom. The molecule has 0 bridgehead atoms. The Hall–Kier alpha value is -1.06. The summed E-state index contributed by atoms with van der Waals surface area (Å²) in [5.41, 5.74) is 7.07. The predicted octanol–water partition coefficient (Wildman–Crippen LogP) is 2.04. The first-order valence-electron chi connectivity index (χ1n) is 5.64. The van der Waals surface area contributed by atoms with Gasteiger partial charge in [-0.15, -0.1) is 0 Å². The van der Waals surface area contributed by atoms with E-state index in [0.29, 0.717) is 6.04 Å². The highest BCUT2D eigenvalue weighted by atomic mass is 16.5. The lowest BCUT2D eigenvalue weighted by Gasteiger charge is -2.26. The Morgan fingerprint density at radius 3 is 2.25 bits per heavy atom. The highest BCUT2D eigenvalue weighted by molar-refractivity contribution is 5.28. The number of hydrogen-bond donors (Lipinski definition) is 1. The van der Waals surface area contributed by atoms with Crippen molar-refractivity contribution >= 4 is 0 Å². The molecule has 3 nitrogen and oxygen atoms in total. The second kappa shape index (κ2) is 5.87. The molecule has 2 N–H and O–H groups in total. The fraction of sp³-hybridized carbons (Fsp3) is 0.538. The summed E-state index contributed by atoms with van der Waals surface area (Å²) in [6.45, 7) is 5.11. The third-order valence-corrected chi connectivity index (χ3v) is 2.84. The van der Waals surface area contributed by atoms with Crippen molar-refractivity contribution in [3.63, 3.8) is 0 Å². The van der Waals surface area contributed by atoms with Gasteiger partial charge < -0.3 is 10.5 Å². The molecule has 2 atom stereocenters. The molecule has 90 valence electrons. The van der Waals surface area contributed by atoms with E-state index >= 15 is 0 Å². The van der Waals surface area contributed by atoms with E-state index < -0.39 is 0 Å². The molecule has 0 aliphatic heterocycles. The van der Waals surface area contributed by atoms with Crippen LogP contribution < -0.4 is 10.5 Å². The summed E-state index contributed by atoms with van der Waals surface area (Å²) in [5, 5.41) is 0. The van der Waals surface area contributed by atoms with Gasteiger partial charge >= 0.3 is 0 Å². The third kappa shape index (κ3) is 3.51. The third-order valence-electron chi connectivity index (χ3n) is 2.84. The molecule has 0 spiro atoms. The molecule has 1 aromatic carbocycles. The van der Waals surface area contributed by atoms with E-state index in [4.69, 9.17) is 10.5 Å². The number of hydrogen-bond acceptors (Lipinski definition) is 3. The number of likely N-dealkylation sites (N-methyl/N-ethyl adjacent to an activating group) is 1. The van der Waals surface area contributed by atoms with E-state index in [2.05, 4.69) is 31.0 Å². The van der Waals surface area contributed by atoms with Crippen LogP contribution in [0, 0.1) is 0 Å². The summed E-state index contributed by atoms with van der Waals surface area (Å²) < 4.78 is 5.14. The fourth-order valence-corrected chi connectivity index (χ4v) is 1.75. The molecule has 0 radical (unpaired) electrons. The number of nitrogens with two attached hydrogens (primary N) is 1. The molecular weight excluding hydrogens is 200 g/mol. The molecule has 0 fully saturated rings. The maximum Gasteiger partial charge on any atom is 0.118 e. The maximum atomic E-state index is 5.79. The van der Waals surface area contributed by atoms with Crippen LogP contribution in [0.25, 0.3) is 0 Å². The number of benzene rings is 1. The van der Waals surface area contributed by atoms with Crippen LogP contribution in [0.2, 0.25) is 0 Å². The molecular formula is C13H22N2O. The highest BCUT2D eigenvalue weighted by Gasteiger charge is 2.12. The topological polar surface area (TPSA) is 38.5 Å². The van der Waals surface area contributed by atoms with Crippen molar-refractivity contribution < 1.29 is 4.74 Å². The normalized spacial score (nSPS) is 14.9. The average Bonchev–Trinajstić information content (AvgIpc) is 2.27. The SMILES string of the molecule is COc1ccc(C(C)N(C)CC(C)N)cc1. The van der Waals surface area contributed by atoms with Crippen LogP contribution in [0.1, 0.15) is 25.5 Å². The van der Waals surface area contributed by atoms with Crippen LogP contribution in [-0.4, -0.2) is 31.6 Å². The molecule has 1 aromatic rings. The minimum atomic E-state index is 0.200. The van der Waals surface area contributed by atoms with Gasteiger partial charge in [0, 0.05) is 18.6 Å². The summed E-state index contributed by atoms with van der Waals surface area (Å²) in [5.74, 6) is 0.894. The standard InChI is InChI=1S/C13H22N2O/c1-10(14)9-15(3)11(2)12-5-7-13(16-4)8-6-12/h5-8,10-11H,9,14H2,1-4H3. The van der Waals surface area contributed by atoms with Crippen molar-refractivity contribution in [3.05, 3.63) is 29.8 Å². The van der Waals surface area contributed by atoms with Crippen molar-refractivity contribution in [2.75, 3.05) is 20.7 Å². The Morgan fingerprint density at radius 2 is 1.81 bits per heavy atom. The van der Waals surface area contributed by atoms with Gasteiger partial charge in [0.25, 0.3) is 0 Å². The van der Waals surface area contributed by atoms with Gasteiger partial charge in [-0.1, -0.05) is 12.1 Å². The number of ether oxygens (including phenoxy) is 1. The molecule has 0 heterocycles. The zero-order valence-electron chi connectivity index (χ0n) is 10.6. The highest BCUT2D eigenvalue weighted by Crippen LogP contribution is 2.21. The van der Waals surface area contributed by atoms with E-state index in [1.54, 1.807) is 7.11 Å². The Labute approximate surface area is 98.2 Å². The second-order valence-electron chi connectivity index (χ2n) is 4.37. The Kier molecular flexibility index (Phi) is 4.77. The molecule has 3 heteroatoms. The van der Waals surface area contributed by atoms with E-state index in [9.17, 15) is 0 Å². The molecule has 0 saturated heterocycles. The maximum absolute atomic E-state index is 5.79. The van der Waals surface area contributed by atoms with Crippen LogP contribution in [0.15, 0.2) is 24.3 Å². The average molecular weight is 222 g/mol. The second-order valence-corrected chi connectivity index (χ2v) is 4.37. The molecule has 0 aromatic heterocycles. The lowest BCUT2D eigenvalue weighted by molar-refractivity contribution is 0.249. The largest absolute Gasteiger partial charge is 0.497 e. The van der Waals surface area contributed by atoms with Gasteiger partial charge in [-0.2, -0.15) is 0 Å². The first-order valence-corrected chi connectivity index (χ1v) is 5.64. The van der Waals surface area contributed by atoms with Gasteiger partial charge in [-0.05, 0) is 38.6 Å². The summed E-state index contributed by atoms with van der Waals surface area (Å²) in [7, 11) is 3.78. The van der Waals surface area contributed by atoms with Gasteiger partial charge in [-0.25, -0.2) is 0 Å². The summed E-state index contributed by atoms with van der Waals surface area (Å²) >= 11 is 0. The van der Waals surface area contributed by atoms with Crippen molar-refractivity contribution in [1.82, 2.24) is 4.90 Å². The lowest BCUT2D eigenvalue weighted by atomic mass is 10.1. The van der Waals surface area contributed by atoms with E-state index in [0.717, 1.165) is 12.3 Å². The first-order chi connectivity index (χ1) is 7.54. The Bertz CT molecular complexity index is 308. The number of methoxy groups -OCH3 is 1. The molecule has 0 aliphatic carbocycles. The van der Waals surface area contributed by atoms with E-state index in [-0.39, 0.29) is 6.04 Å². The lowest BCUT2D eigenvalue weighted by Crippen LogP contribution is -2.34. The van der Waals surface area contributed by atoms with Crippen LogP contribution in [0.4, 0.5) is 0 Å². The monoisotopic (exact) mass is 222 g/mol. The summed E-state index contributed by atoms with van der Waals surface area (Å²) in [6, 6.07) is 8.75. The van der Waals surface area contributed by atoms with Gasteiger partial charge in [0.1, 0.15) is 5.75 Å². The Balaban J connectivity index is 2.67. The molecule has 2 unspecified atom stereocenters. The quantitative estimate of drug-likeness (QED) is 0.828. The zero-order chi connectivity index (χ0) is 12.1. The van der Waals surface area contributed by atoms with Gasteiger partial charge in [-0.3, -0.25) is 4.90 Å². The molecule has 16 heavy (non-hydrogen) atoms.